The van der Waals surface area contributed by atoms with Gasteiger partial charge in [0.1, 0.15) is 0 Å². The number of nitrogens with one attached hydrogen (secondary N) is 1. The molecule has 3 atom stereocenters. The molecule has 0 radical (unpaired) electrons. The fraction of sp³-hybridized carbons (Fsp3) is 0.368. The van der Waals surface area contributed by atoms with Crippen LogP contribution in [0.25, 0.3) is 0 Å². The molecule has 1 fully saturated rings. The van der Waals surface area contributed by atoms with Crippen LogP contribution in [0.5, 0.6) is 0 Å². The molecular weight excluding hydrogens is 320 g/mol. The van der Waals surface area contributed by atoms with Crippen molar-refractivity contribution in [1.82, 2.24) is 5.32 Å². The number of carbonyl (C=O) groups is 1. The van der Waals surface area contributed by atoms with E-state index in [1.807, 2.05) is 0 Å². The van der Waals surface area contributed by atoms with Gasteiger partial charge in [-0.25, -0.2) is 0 Å². The minimum Gasteiger partial charge on any atom is -0.618 e. The van der Waals surface area contributed by atoms with Crippen molar-refractivity contribution in [3.05, 3.63) is 65.0 Å². The summed E-state index contributed by atoms with van der Waals surface area (Å²) in [5.74, 6) is 2.21. The quantitative estimate of drug-likeness (QED) is 0.517. The van der Waals surface area contributed by atoms with Gasteiger partial charge in [-0.1, -0.05) is 24.3 Å². The first-order valence-electron chi connectivity index (χ1n) is 8.39. The Balaban J connectivity index is 1.28. The minimum absolute atomic E-state index is 0.000727. The minimum atomic E-state index is 0.000727. The Kier molecular flexibility index (Phi) is 4.19. The van der Waals surface area contributed by atoms with E-state index in [-0.39, 0.29) is 11.7 Å². The maximum Gasteiger partial charge on any atom is 0.251 e. The SMILES string of the molecule is O=C(CSc1cccc[n+]1[O-])NC[C@@H]1[C@@H]2CCc3ccccc3[C@@H]12. The number of benzene rings is 1. The third kappa shape index (κ3) is 3.00. The van der Waals surface area contributed by atoms with Crippen LogP contribution in [0.2, 0.25) is 0 Å². The number of rotatable bonds is 5. The molecule has 2 aliphatic carbocycles. The number of hydrogen-bond donors (Lipinski definition) is 1. The van der Waals surface area contributed by atoms with Crippen molar-refractivity contribution < 1.29 is 9.52 Å². The predicted octanol–water partition coefficient (Wildman–Crippen LogP) is 2.50. The second kappa shape index (κ2) is 6.48. The number of pyridine rings is 1. The van der Waals surface area contributed by atoms with Gasteiger partial charge in [0, 0.05) is 18.7 Å². The number of aromatic nitrogens is 1. The van der Waals surface area contributed by atoms with E-state index in [0.717, 1.165) is 23.6 Å². The van der Waals surface area contributed by atoms with Crippen LogP contribution in [0.3, 0.4) is 0 Å². The third-order valence-corrected chi connectivity index (χ3v) is 6.19. The second-order valence-corrected chi connectivity index (χ2v) is 7.54. The van der Waals surface area contributed by atoms with Crippen LogP contribution in [-0.4, -0.2) is 18.2 Å². The van der Waals surface area contributed by atoms with Gasteiger partial charge in [-0.2, -0.15) is 4.73 Å². The van der Waals surface area contributed by atoms with Gasteiger partial charge in [0.05, 0.1) is 5.75 Å². The lowest BCUT2D eigenvalue weighted by Crippen LogP contribution is -2.31. The van der Waals surface area contributed by atoms with Crippen molar-refractivity contribution in [3.8, 4) is 0 Å². The summed E-state index contributed by atoms with van der Waals surface area (Å²) in [7, 11) is 0. The summed E-state index contributed by atoms with van der Waals surface area (Å²) >= 11 is 1.28. The largest absolute Gasteiger partial charge is 0.618 e. The fourth-order valence-corrected chi connectivity index (χ4v) is 4.68. The molecule has 124 valence electrons. The number of thioether (sulfide) groups is 1. The van der Waals surface area contributed by atoms with Gasteiger partial charge in [0.25, 0.3) is 5.03 Å². The molecule has 0 aliphatic heterocycles. The topological polar surface area (TPSA) is 56.0 Å². The Hall–Kier alpha value is -2.01. The van der Waals surface area contributed by atoms with Gasteiger partial charge in [-0.3, -0.25) is 4.79 Å². The summed E-state index contributed by atoms with van der Waals surface area (Å²) in [4.78, 5) is 12.1. The molecule has 2 aliphatic rings. The lowest BCUT2D eigenvalue weighted by Gasteiger charge is -2.13. The first-order chi connectivity index (χ1) is 11.7. The Morgan fingerprint density at radius 2 is 2.08 bits per heavy atom. The van der Waals surface area contributed by atoms with Gasteiger partial charge in [0.2, 0.25) is 5.91 Å². The summed E-state index contributed by atoms with van der Waals surface area (Å²) in [6.07, 6.45) is 3.85. The molecule has 2 aromatic rings. The van der Waals surface area contributed by atoms with E-state index in [0.29, 0.717) is 16.9 Å². The Labute approximate surface area is 145 Å². The monoisotopic (exact) mass is 340 g/mol. The van der Waals surface area contributed by atoms with Crippen LogP contribution >= 0.6 is 11.8 Å². The molecule has 0 spiro atoms. The molecule has 1 N–H and O–H groups in total. The van der Waals surface area contributed by atoms with Crippen molar-refractivity contribution in [3.63, 3.8) is 0 Å². The lowest BCUT2D eigenvalue weighted by atomic mass is 9.92. The van der Waals surface area contributed by atoms with Crippen LogP contribution < -0.4 is 10.0 Å². The molecular formula is C19H20N2O2S. The number of carbonyl (C=O) groups excluding carboxylic acids is 1. The normalized spacial score (nSPS) is 23.9. The van der Waals surface area contributed by atoms with E-state index in [1.54, 1.807) is 18.2 Å². The first-order valence-corrected chi connectivity index (χ1v) is 9.38. The molecule has 1 saturated carbocycles. The number of fused-ring (bicyclic) bond motifs is 3. The summed E-state index contributed by atoms with van der Waals surface area (Å²) in [5.41, 5.74) is 2.96. The van der Waals surface area contributed by atoms with E-state index < -0.39 is 0 Å². The summed E-state index contributed by atoms with van der Waals surface area (Å²) in [6.45, 7) is 0.745. The average Bonchev–Trinajstić information content (AvgIpc) is 3.33. The molecule has 0 unspecified atom stereocenters. The van der Waals surface area contributed by atoms with Crippen molar-refractivity contribution >= 4 is 17.7 Å². The molecule has 1 amide bonds. The summed E-state index contributed by atoms with van der Waals surface area (Å²) in [6, 6.07) is 13.9. The van der Waals surface area contributed by atoms with Gasteiger partial charge < -0.3 is 10.5 Å². The van der Waals surface area contributed by atoms with Crippen LogP contribution in [-0.2, 0) is 11.2 Å². The average molecular weight is 340 g/mol. The standard InChI is InChI=1S/C19H20N2O2S/c22-17(12-24-18-7-3-4-10-21(18)23)20-11-16-15-9-8-13-5-1-2-6-14(13)19(15)16/h1-7,10,15-16,19H,8-9,11-12H2,(H,20,22)/t15-,16+,19+/m0/s1. The Morgan fingerprint density at radius 1 is 1.25 bits per heavy atom. The van der Waals surface area contributed by atoms with Crippen molar-refractivity contribution in [1.29, 1.82) is 0 Å². The predicted molar refractivity (Wildman–Crippen MR) is 93.6 cm³/mol. The first kappa shape index (κ1) is 15.5. The smallest absolute Gasteiger partial charge is 0.251 e. The van der Waals surface area contributed by atoms with Gasteiger partial charge >= 0.3 is 0 Å². The van der Waals surface area contributed by atoms with Gasteiger partial charge in [-0.05, 0) is 59.6 Å². The van der Waals surface area contributed by atoms with Crippen LogP contribution in [0.15, 0.2) is 53.7 Å². The molecule has 4 nitrogen and oxygen atoms in total. The zero-order valence-corrected chi connectivity index (χ0v) is 14.2. The fourth-order valence-electron chi connectivity index (χ4n) is 3.93. The van der Waals surface area contributed by atoms with Crippen LogP contribution in [0.1, 0.15) is 23.5 Å². The summed E-state index contributed by atoms with van der Waals surface area (Å²) < 4.78 is 0.796. The number of aryl methyl sites for hydroxylation is 1. The summed E-state index contributed by atoms with van der Waals surface area (Å²) in [5, 5.41) is 15.2. The van der Waals surface area contributed by atoms with Crippen molar-refractivity contribution in [2.45, 2.75) is 23.8 Å². The molecule has 4 rings (SSSR count). The Morgan fingerprint density at radius 3 is 2.96 bits per heavy atom. The van der Waals surface area contributed by atoms with Gasteiger partial charge in [0.15, 0.2) is 6.20 Å². The highest BCUT2D eigenvalue weighted by Crippen LogP contribution is 2.59. The zero-order valence-electron chi connectivity index (χ0n) is 13.4. The second-order valence-electron chi connectivity index (χ2n) is 6.55. The number of nitrogens with zero attached hydrogens (tertiary/aromatic N) is 1. The highest BCUT2D eigenvalue weighted by atomic mass is 32.2. The molecule has 0 saturated heterocycles. The molecule has 0 bridgehead atoms. The third-order valence-electron chi connectivity index (χ3n) is 5.17. The van der Waals surface area contributed by atoms with E-state index >= 15 is 0 Å². The van der Waals surface area contributed by atoms with Gasteiger partial charge in [-0.15, -0.1) is 0 Å². The molecule has 1 aromatic carbocycles. The highest BCUT2D eigenvalue weighted by Gasteiger charge is 2.52. The molecule has 1 heterocycles. The maximum atomic E-state index is 12.1. The van der Waals surface area contributed by atoms with Crippen molar-refractivity contribution in [2.75, 3.05) is 12.3 Å². The zero-order chi connectivity index (χ0) is 16.5. The highest BCUT2D eigenvalue weighted by molar-refractivity contribution is 7.99. The molecule has 1 aromatic heterocycles. The number of hydrogen-bond acceptors (Lipinski definition) is 3. The van der Waals surface area contributed by atoms with E-state index in [2.05, 4.69) is 29.6 Å². The van der Waals surface area contributed by atoms with E-state index in [9.17, 15) is 10.0 Å². The van der Waals surface area contributed by atoms with E-state index in [1.165, 1.54) is 35.5 Å². The molecule has 5 heteroatoms. The number of amides is 1. The van der Waals surface area contributed by atoms with Crippen molar-refractivity contribution in [2.24, 2.45) is 11.8 Å². The van der Waals surface area contributed by atoms with Crippen LogP contribution in [0.4, 0.5) is 0 Å². The Bertz CT molecular complexity index is 765. The van der Waals surface area contributed by atoms with E-state index in [4.69, 9.17) is 0 Å². The molecule has 24 heavy (non-hydrogen) atoms. The maximum absolute atomic E-state index is 12.1. The van der Waals surface area contributed by atoms with Crippen LogP contribution in [0, 0.1) is 17.0 Å². The lowest BCUT2D eigenvalue weighted by molar-refractivity contribution is -0.645.